The van der Waals surface area contributed by atoms with Crippen LogP contribution in [0.1, 0.15) is 28.8 Å². The van der Waals surface area contributed by atoms with Gasteiger partial charge in [0.25, 0.3) is 5.91 Å². The van der Waals surface area contributed by atoms with Gasteiger partial charge in [0.1, 0.15) is 5.82 Å². The van der Waals surface area contributed by atoms with Crippen LogP contribution in [0, 0.1) is 12.7 Å². The van der Waals surface area contributed by atoms with Gasteiger partial charge in [0.15, 0.2) is 5.13 Å². The van der Waals surface area contributed by atoms with Gasteiger partial charge in [-0.25, -0.2) is 9.37 Å². The zero-order valence-electron chi connectivity index (χ0n) is 14.4. The van der Waals surface area contributed by atoms with Crippen molar-refractivity contribution in [2.75, 3.05) is 18.1 Å². The molecule has 0 N–H and O–H groups in total. The summed E-state index contributed by atoms with van der Waals surface area (Å²) in [5, 5.41) is 0.578. The molecule has 4 nitrogen and oxygen atoms in total. The molecule has 0 saturated carbocycles. The van der Waals surface area contributed by atoms with E-state index in [1.54, 1.807) is 17.0 Å². The number of ether oxygens (including phenoxy) is 1. The third-order valence-electron chi connectivity index (χ3n) is 4.52. The van der Waals surface area contributed by atoms with E-state index in [2.05, 4.69) is 4.98 Å². The highest BCUT2D eigenvalue weighted by Crippen LogP contribution is 2.31. The van der Waals surface area contributed by atoms with Crippen molar-refractivity contribution in [3.05, 3.63) is 59.4 Å². The van der Waals surface area contributed by atoms with Gasteiger partial charge in [-0.15, -0.1) is 0 Å². The molecule has 1 atom stereocenters. The molecule has 6 heteroatoms. The highest BCUT2D eigenvalue weighted by atomic mass is 32.1. The molecule has 2 aromatic carbocycles. The van der Waals surface area contributed by atoms with Crippen LogP contribution in [-0.4, -0.2) is 30.1 Å². The van der Waals surface area contributed by atoms with Crippen LogP contribution < -0.4 is 4.90 Å². The predicted molar refractivity (Wildman–Crippen MR) is 101 cm³/mol. The van der Waals surface area contributed by atoms with Crippen molar-refractivity contribution in [1.29, 1.82) is 0 Å². The first kappa shape index (κ1) is 17.1. The zero-order valence-corrected chi connectivity index (χ0v) is 15.3. The van der Waals surface area contributed by atoms with E-state index in [-0.39, 0.29) is 17.6 Å². The molecule has 1 amide bonds. The number of carbonyl (C=O) groups excluding carboxylic acids is 1. The average Bonchev–Trinajstić information content (AvgIpc) is 3.28. The van der Waals surface area contributed by atoms with Crippen molar-refractivity contribution < 1.29 is 13.9 Å². The third kappa shape index (κ3) is 3.34. The Morgan fingerprint density at radius 2 is 2.19 bits per heavy atom. The lowest BCUT2D eigenvalue weighted by Crippen LogP contribution is -2.37. The van der Waals surface area contributed by atoms with Crippen LogP contribution in [0.3, 0.4) is 0 Å². The first-order chi connectivity index (χ1) is 12.6. The van der Waals surface area contributed by atoms with Crippen molar-refractivity contribution in [3.63, 3.8) is 0 Å². The molecule has 4 rings (SSSR count). The number of anilines is 1. The normalized spacial score (nSPS) is 16.9. The van der Waals surface area contributed by atoms with Gasteiger partial charge in [0.2, 0.25) is 0 Å². The predicted octanol–water partition coefficient (Wildman–Crippen LogP) is 4.57. The molecule has 1 aromatic heterocycles. The van der Waals surface area contributed by atoms with Gasteiger partial charge in [-0.1, -0.05) is 29.5 Å². The van der Waals surface area contributed by atoms with Crippen molar-refractivity contribution in [2.45, 2.75) is 25.9 Å². The lowest BCUT2D eigenvalue weighted by Gasteiger charge is -2.23. The summed E-state index contributed by atoms with van der Waals surface area (Å²) in [4.78, 5) is 19.3. The molecule has 0 aliphatic carbocycles. The largest absolute Gasteiger partial charge is 0.376 e. The van der Waals surface area contributed by atoms with Crippen LogP contribution in [0.4, 0.5) is 9.52 Å². The van der Waals surface area contributed by atoms with Gasteiger partial charge in [-0.2, -0.15) is 0 Å². The zero-order chi connectivity index (χ0) is 18.1. The van der Waals surface area contributed by atoms with Gasteiger partial charge >= 0.3 is 0 Å². The molecule has 3 aromatic rings. The van der Waals surface area contributed by atoms with Crippen molar-refractivity contribution >= 4 is 32.6 Å². The maximum atomic E-state index is 14.2. The Bertz CT molecular complexity index is 950. The third-order valence-corrected chi connectivity index (χ3v) is 5.56. The van der Waals surface area contributed by atoms with E-state index in [1.165, 1.54) is 23.5 Å². The number of hydrogen-bond acceptors (Lipinski definition) is 4. The van der Waals surface area contributed by atoms with E-state index in [1.807, 2.05) is 25.1 Å². The van der Waals surface area contributed by atoms with Crippen molar-refractivity contribution in [2.24, 2.45) is 0 Å². The Hall–Kier alpha value is -2.31. The van der Waals surface area contributed by atoms with Crippen LogP contribution >= 0.6 is 11.3 Å². The summed E-state index contributed by atoms with van der Waals surface area (Å²) >= 11 is 1.45. The second-order valence-electron chi connectivity index (χ2n) is 6.50. The highest BCUT2D eigenvalue weighted by Gasteiger charge is 2.28. The van der Waals surface area contributed by atoms with Gasteiger partial charge in [0.05, 0.1) is 28.4 Å². The number of amides is 1. The number of fused-ring (bicyclic) bond motifs is 1. The molecule has 134 valence electrons. The first-order valence-electron chi connectivity index (χ1n) is 8.67. The van der Waals surface area contributed by atoms with Crippen LogP contribution in [0.15, 0.2) is 42.5 Å². The number of rotatable bonds is 4. The fourth-order valence-corrected chi connectivity index (χ4v) is 4.23. The topological polar surface area (TPSA) is 42.4 Å². The van der Waals surface area contributed by atoms with Gasteiger partial charge < -0.3 is 4.74 Å². The summed E-state index contributed by atoms with van der Waals surface area (Å²) in [6, 6.07) is 12.1. The van der Waals surface area contributed by atoms with Crippen LogP contribution in [0.5, 0.6) is 0 Å². The summed E-state index contributed by atoms with van der Waals surface area (Å²) < 4.78 is 20.9. The molecule has 1 aliphatic heterocycles. The van der Waals surface area contributed by atoms with Crippen LogP contribution in [0.2, 0.25) is 0 Å². The van der Waals surface area contributed by atoms with Crippen LogP contribution in [-0.2, 0) is 4.74 Å². The fourth-order valence-electron chi connectivity index (χ4n) is 3.16. The molecule has 26 heavy (non-hydrogen) atoms. The standard InChI is InChI=1S/C20H19FN2O2S/c1-13-8-9-17-18(11-13)26-20(22-17)23(12-14-5-4-10-25-14)19(24)15-6-2-3-7-16(15)21/h2-3,6-9,11,14H,4-5,10,12H2,1H3. The van der Waals surface area contributed by atoms with E-state index < -0.39 is 5.82 Å². The Balaban J connectivity index is 1.73. The monoisotopic (exact) mass is 370 g/mol. The number of aryl methyl sites for hydroxylation is 1. The summed E-state index contributed by atoms with van der Waals surface area (Å²) in [5.41, 5.74) is 2.04. The Labute approximate surface area is 155 Å². The lowest BCUT2D eigenvalue weighted by molar-refractivity contribution is 0.0914. The number of halogens is 1. The average molecular weight is 370 g/mol. The van der Waals surface area contributed by atoms with Crippen molar-refractivity contribution in [1.82, 2.24) is 4.98 Å². The molecule has 0 radical (unpaired) electrons. The smallest absolute Gasteiger partial charge is 0.263 e. The van der Waals surface area contributed by atoms with Crippen LogP contribution in [0.25, 0.3) is 10.2 Å². The molecule has 1 aliphatic rings. The first-order valence-corrected chi connectivity index (χ1v) is 9.48. The fraction of sp³-hybridized carbons (Fsp3) is 0.300. The Morgan fingerprint density at radius 1 is 1.35 bits per heavy atom. The summed E-state index contributed by atoms with van der Waals surface area (Å²) in [7, 11) is 0. The van der Waals surface area contributed by atoms with Gasteiger partial charge in [-0.05, 0) is 49.6 Å². The minimum Gasteiger partial charge on any atom is -0.376 e. The van der Waals surface area contributed by atoms with Gasteiger partial charge in [0, 0.05) is 6.61 Å². The van der Waals surface area contributed by atoms with E-state index in [9.17, 15) is 9.18 Å². The number of benzene rings is 2. The Morgan fingerprint density at radius 3 is 2.96 bits per heavy atom. The molecule has 2 heterocycles. The van der Waals surface area contributed by atoms with Crippen molar-refractivity contribution in [3.8, 4) is 0 Å². The van der Waals surface area contributed by atoms with E-state index in [0.29, 0.717) is 18.3 Å². The molecular weight excluding hydrogens is 351 g/mol. The summed E-state index contributed by atoms with van der Waals surface area (Å²) in [6.07, 6.45) is 1.83. The van der Waals surface area contributed by atoms with E-state index in [4.69, 9.17) is 4.74 Å². The molecule has 1 unspecified atom stereocenters. The maximum absolute atomic E-state index is 14.2. The summed E-state index contributed by atoms with van der Waals surface area (Å²) in [6.45, 7) is 3.10. The quantitative estimate of drug-likeness (QED) is 0.676. The number of carbonyl (C=O) groups is 1. The molecular formula is C20H19FN2O2S. The molecule has 0 bridgehead atoms. The molecule has 1 fully saturated rings. The number of nitrogens with zero attached hydrogens (tertiary/aromatic N) is 2. The minimum absolute atomic E-state index is 0.0422. The van der Waals surface area contributed by atoms with E-state index in [0.717, 1.165) is 28.6 Å². The Kier molecular flexibility index (Phi) is 4.70. The number of aromatic nitrogens is 1. The second kappa shape index (κ2) is 7.13. The molecule has 0 spiro atoms. The minimum atomic E-state index is -0.521. The SMILES string of the molecule is Cc1ccc2nc(N(CC3CCCO3)C(=O)c3ccccc3F)sc2c1. The maximum Gasteiger partial charge on any atom is 0.263 e. The lowest BCUT2D eigenvalue weighted by atomic mass is 10.1. The number of thiazole rings is 1. The highest BCUT2D eigenvalue weighted by molar-refractivity contribution is 7.22. The van der Waals surface area contributed by atoms with E-state index >= 15 is 0 Å². The number of hydrogen-bond donors (Lipinski definition) is 0. The van der Waals surface area contributed by atoms with Gasteiger partial charge in [-0.3, -0.25) is 9.69 Å². The second-order valence-corrected chi connectivity index (χ2v) is 7.51. The molecule has 1 saturated heterocycles. The summed E-state index contributed by atoms with van der Waals surface area (Å²) in [5.74, 6) is -0.902.